The van der Waals surface area contributed by atoms with Crippen molar-refractivity contribution >= 4 is 0 Å². The second kappa shape index (κ2) is 7.17. The molecule has 2 nitrogen and oxygen atoms in total. The lowest BCUT2D eigenvalue weighted by atomic mass is 10.0. The minimum absolute atomic E-state index is 0.0959. The van der Waals surface area contributed by atoms with Gasteiger partial charge in [0.15, 0.2) is 0 Å². The van der Waals surface area contributed by atoms with E-state index in [-0.39, 0.29) is 11.9 Å². The molecule has 0 aliphatic heterocycles. The van der Waals surface area contributed by atoms with Crippen LogP contribution in [0.15, 0.2) is 54.6 Å². The van der Waals surface area contributed by atoms with Crippen molar-refractivity contribution in [2.75, 3.05) is 13.1 Å². The minimum Gasteiger partial charge on any atom is -0.329 e. The van der Waals surface area contributed by atoms with Crippen molar-refractivity contribution in [2.24, 2.45) is 5.73 Å². The molecule has 0 radical (unpaired) electrons. The molecule has 2 aromatic carbocycles. The molecule has 0 spiro atoms. The fourth-order valence-electron chi connectivity index (χ4n) is 2.48. The van der Waals surface area contributed by atoms with Gasteiger partial charge in [0, 0.05) is 18.7 Å². The summed E-state index contributed by atoms with van der Waals surface area (Å²) in [6, 6.07) is 17.0. The summed E-state index contributed by atoms with van der Waals surface area (Å²) in [5.74, 6) is -0.186. The average molecular weight is 272 g/mol. The monoisotopic (exact) mass is 272 g/mol. The second-order valence-corrected chi connectivity index (χ2v) is 4.82. The highest BCUT2D eigenvalue weighted by atomic mass is 19.1. The zero-order chi connectivity index (χ0) is 14.4. The van der Waals surface area contributed by atoms with Crippen LogP contribution in [0.3, 0.4) is 0 Å². The first-order chi connectivity index (χ1) is 9.76. The molecule has 0 aliphatic carbocycles. The maximum Gasteiger partial charge on any atom is 0.128 e. The Hall–Kier alpha value is -1.71. The highest BCUT2D eigenvalue weighted by molar-refractivity contribution is 5.22. The third kappa shape index (κ3) is 3.44. The quantitative estimate of drug-likeness (QED) is 0.874. The molecule has 0 amide bonds. The van der Waals surface area contributed by atoms with Crippen molar-refractivity contribution < 1.29 is 4.39 Å². The van der Waals surface area contributed by atoms with Gasteiger partial charge >= 0.3 is 0 Å². The van der Waals surface area contributed by atoms with E-state index >= 15 is 0 Å². The van der Waals surface area contributed by atoms with Gasteiger partial charge in [-0.15, -0.1) is 0 Å². The van der Waals surface area contributed by atoms with Crippen LogP contribution in [0, 0.1) is 5.82 Å². The lowest BCUT2D eigenvalue weighted by Gasteiger charge is -2.30. The number of benzene rings is 2. The number of nitrogens with two attached hydrogens (primary N) is 1. The van der Waals surface area contributed by atoms with Gasteiger partial charge in [0.2, 0.25) is 0 Å². The molecule has 3 heteroatoms. The molecule has 0 aromatic heterocycles. The van der Waals surface area contributed by atoms with Crippen LogP contribution in [-0.4, -0.2) is 18.0 Å². The first-order valence-electron chi connectivity index (χ1n) is 6.98. The number of likely N-dealkylation sites (N-methyl/N-ethyl adjacent to an activating group) is 1. The zero-order valence-corrected chi connectivity index (χ0v) is 11.8. The van der Waals surface area contributed by atoms with E-state index in [9.17, 15) is 4.39 Å². The van der Waals surface area contributed by atoms with E-state index in [1.165, 1.54) is 11.6 Å². The third-order valence-corrected chi connectivity index (χ3v) is 3.56. The van der Waals surface area contributed by atoms with Gasteiger partial charge in [0.25, 0.3) is 0 Å². The molecule has 2 rings (SSSR count). The Kier molecular flexibility index (Phi) is 5.27. The molecular formula is C17H21FN2. The predicted molar refractivity (Wildman–Crippen MR) is 80.7 cm³/mol. The molecule has 0 saturated heterocycles. The van der Waals surface area contributed by atoms with E-state index in [0.717, 1.165) is 13.1 Å². The maximum absolute atomic E-state index is 14.0. The van der Waals surface area contributed by atoms with Crippen LogP contribution >= 0.6 is 0 Å². The molecule has 2 N–H and O–H groups in total. The lowest BCUT2D eigenvalue weighted by molar-refractivity contribution is 0.199. The molecule has 106 valence electrons. The molecule has 1 unspecified atom stereocenters. The van der Waals surface area contributed by atoms with Crippen LogP contribution in [0.1, 0.15) is 24.1 Å². The van der Waals surface area contributed by atoms with Gasteiger partial charge in [-0.2, -0.15) is 0 Å². The molecule has 20 heavy (non-hydrogen) atoms. The number of hydrogen-bond donors (Lipinski definition) is 1. The maximum atomic E-state index is 14.0. The van der Waals surface area contributed by atoms with E-state index in [2.05, 4.69) is 24.0 Å². The van der Waals surface area contributed by atoms with Crippen LogP contribution in [0.2, 0.25) is 0 Å². The topological polar surface area (TPSA) is 29.3 Å². The highest BCUT2D eigenvalue weighted by Gasteiger charge is 2.20. The van der Waals surface area contributed by atoms with E-state index < -0.39 is 0 Å². The fraction of sp³-hybridized carbons (Fsp3) is 0.294. The summed E-state index contributed by atoms with van der Waals surface area (Å²) in [5.41, 5.74) is 7.78. The van der Waals surface area contributed by atoms with Gasteiger partial charge in [-0.25, -0.2) is 4.39 Å². The number of halogens is 1. The van der Waals surface area contributed by atoms with E-state index in [1.807, 2.05) is 30.3 Å². The molecule has 0 bridgehead atoms. The molecular weight excluding hydrogens is 251 g/mol. The fourth-order valence-corrected chi connectivity index (χ4v) is 2.48. The molecule has 0 saturated carbocycles. The van der Waals surface area contributed by atoms with Crippen molar-refractivity contribution in [1.29, 1.82) is 0 Å². The van der Waals surface area contributed by atoms with Crippen molar-refractivity contribution in [3.05, 3.63) is 71.5 Å². The average Bonchev–Trinajstić information content (AvgIpc) is 2.49. The Morgan fingerprint density at radius 3 is 2.30 bits per heavy atom. The molecule has 0 aliphatic rings. The van der Waals surface area contributed by atoms with Crippen LogP contribution < -0.4 is 5.73 Å². The van der Waals surface area contributed by atoms with Crippen LogP contribution in [-0.2, 0) is 6.54 Å². The van der Waals surface area contributed by atoms with Crippen LogP contribution in [0.25, 0.3) is 0 Å². The van der Waals surface area contributed by atoms with Gasteiger partial charge in [-0.05, 0) is 18.2 Å². The van der Waals surface area contributed by atoms with E-state index in [4.69, 9.17) is 5.73 Å². The zero-order valence-electron chi connectivity index (χ0n) is 11.8. The van der Waals surface area contributed by atoms with E-state index in [1.54, 1.807) is 6.07 Å². The molecule has 0 heterocycles. The first-order valence-corrected chi connectivity index (χ1v) is 6.98. The second-order valence-electron chi connectivity index (χ2n) is 4.82. The largest absolute Gasteiger partial charge is 0.329 e. The number of hydrogen-bond acceptors (Lipinski definition) is 2. The Balaban J connectivity index is 2.22. The smallest absolute Gasteiger partial charge is 0.128 e. The van der Waals surface area contributed by atoms with Crippen molar-refractivity contribution in [2.45, 2.75) is 19.5 Å². The van der Waals surface area contributed by atoms with Gasteiger partial charge in [-0.1, -0.05) is 55.5 Å². The van der Waals surface area contributed by atoms with Gasteiger partial charge in [0.05, 0.1) is 6.04 Å². The summed E-state index contributed by atoms with van der Waals surface area (Å²) >= 11 is 0. The molecule has 2 aromatic rings. The standard InChI is InChI=1S/C17H21FN2/c1-2-20(13-14-8-4-3-5-9-14)17(12-19)15-10-6-7-11-16(15)18/h3-11,17H,2,12-13,19H2,1H3. The first kappa shape index (κ1) is 14.7. The van der Waals surface area contributed by atoms with Gasteiger partial charge in [0.1, 0.15) is 5.82 Å². The number of rotatable bonds is 6. The Bertz CT molecular complexity index is 528. The van der Waals surface area contributed by atoms with Crippen molar-refractivity contribution in [3.63, 3.8) is 0 Å². The minimum atomic E-state index is -0.186. The van der Waals surface area contributed by atoms with Crippen LogP contribution in [0.4, 0.5) is 4.39 Å². The predicted octanol–water partition coefficient (Wildman–Crippen LogP) is 3.35. The Morgan fingerprint density at radius 1 is 1.05 bits per heavy atom. The number of nitrogens with zero attached hydrogens (tertiary/aromatic N) is 1. The molecule has 0 fully saturated rings. The van der Waals surface area contributed by atoms with Gasteiger partial charge in [-0.3, -0.25) is 4.90 Å². The molecule has 1 atom stereocenters. The summed E-state index contributed by atoms with van der Waals surface area (Å²) < 4.78 is 14.0. The summed E-state index contributed by atoms with van der Waals surface area (Å²) in [5, 5.41) is 0. The third-order valence-electron chi connectivity index (χ3n) is 3.56. The van der Waals surface area contributed by atoms with E-state index in [0.29, 0.717) is 12.1 Å². The summed E-state index contributed by atoms with van der Waals surface area (Å²) in [6.45, 7) is 4.08. The summed E-state index contributed by atoms with van der Waals surface area (Å²) in [6.07, 6.45) is 0. The Labute approximate surface area is 120 Å². The van der Waals surface area contributed by atoms with Crippen LogP contribution in [0.5, 0.6) is 0 Å². The van der Waals surface area contributed by atoms with Crippen molar-refractivity contribution in [1.82, 2.24) is 4.90 Å². The van der Waals surface area contributed by atoms with Gasteiger partial charge < -0.3 is 5.73 Å². The Morgan fingerprint density at radius 2 is 1.70 bits per heavy atom. The highest BCUT2D eigenvalue weighted by Crippen LogP contribution is 2.24. The SMILES string of the molecule is CCN(Cc1ccccc1)C(CN)c1ccccc1F. The lowest BCUT2D eigenvalue weighted by Crippen LogP contribution is -2.33. The normalized spacial score (nSPS) is 12.6. The summed E-state index contributed by atoms with van der Waals surface area (Å²) in [7, 11) is 0. The van der Waals surface area contributed by atoms with Crippen molar-refractivity contribution in [3.8, 4) is 0 Å². The summed E-state index contributed by atoms with van der Waals surface area (Å²) in [4.78, 5) is 2.20.